The Morgan fingerprint density at radius 2 is 1.23 bits per heavy atom. The van der Waals surface area contributed by atoms with E-state index in [1.165, 1.54) is 6.92 Å². The first kappa shape index (κ1) is 14.7. The van der Waals surface area contributed by atoms with Gasteiger partial charge in [-0.05, 0) is 6.42 Å². The second kappa shape index (κ2) is 5.00. The number of hydrogen-bond donors (Lipinski definition) is 3. The molecule has 1 radical (unpaired) electrons. The zero-order valence-corrected chi connectivity index (χ0v) is 8.06. The largest absolute Gasteiger partial charge is 0.480 e. The maximum Gasteiger partial charge on any atom is 0.332 e. The maximum atomic E-state index is 10.4. The van der Waals surface area contributed by atoms with Crippen LogP contribution in [0.4, 0.5) is 0 Å². The fourth-order valence-corrected chi connectivity index (χ4v) is 0.728. The van der Waals surface area contributed by atoms with Crippen LogP contribution in [0.1, 0.15) is 13.3 Å². The van der Waals surface area contributed by atoms with Crippen molar-refractivity contribution in [2.75, 3.05) is 0 Å². The maximum absolute atomic E-state index is 10.4. The van der Waals surface area contributed by atoms with Crippen molar-refractivity contribution in [1.29, 1.82) is 0 Å². The monoisotopic (exact) mass is 283 g/mol. The van der Waals surface area contributed by atoms with E-state index < -0.39 is 29.7 Å². The average molecular weight is 284 g/mol. The molecule has 3 N–H and O–H groups in total. The van der Waals surface area contributed by atoms with Gasteiger partial charge in [0.15, 0.2) is 0 Å². The van der Waals surface area contributed by atoms with Gasteiger partial charge in [0.25, 0.3) is 5.41 Å². The Labute approximate surface area is 89.1 Å². The predicted octanol–water partition coefficient (Wildman–Crippen LogP) is -0.366. The molecule has 0 aromatic carbocycles. The van der Waals surface area contributed by atoms with E-state index in [4.69, 9.17) is 15.3 Å². The number of aliphatic carboxylic acids is 3. The molecule has 7 heteroatoms. The first-order valence-corrected chi connectivity index (χ1v) is 3.09. The van der Waals surface area contributed by atoms with Gasteiger partial charge in [-0.1, -0.05) is 6.92 Å². The van der Waals surface area contributed by atoms with Gasteiger partial charge in [-0.15, -0.1) is 0 Å². The SMILES string of the molecule is CCC(C(=O)O)(C(=O)O)C(=O)O.[Ag]. The van der Waals surface area contributed by atoms with Crippen LogP contribution < -0.4 is 0 Å². The molecule has 13 heavy (non-hydrogen) atoms. The molecule has 0 heterocycles. The van der Waals surface area contributed by atoms with E-state index in [1.807, 2.05) is 0 Å². The molecule has 0 saturated carbocycles. The summed E-state index contributed by atoms with van der Waals surface area (Å²) in [6.07, 6.45) is -0.493. The van der Waals surface area contributed by atoms with Crippen molar-refractivity contribution in [3.63, 3.8) is 0 Å². The first-order valence-electron chi connectivity index (χ1n) is 3.09. The van der Waals surface area contributed by atoms with E-state index >= 15 is 0 Å². The molecule has 0 spiro atoms. The van der Waals surface area contributed by atoms with E-state index in [0.29, 0.717) is 0 Å². The topological polar surface area (TPSA) is 112 Å². The van der Waals surface area contributed by atoms with Gasteiger partial charge in [-0.25, -0.2) is 0 Å². The molecule has 0 aliphatic carbocycles. The third-order valence-corrected chi connectivity index (χ3v) is 1.63. The van der Waals surface area contributed by atoms with E-state index in [-0.39, 0.29) is 22.4 Å². The van der Waals surface area contributed by atoms with Crippen LogP contribution in [0.25, 0.3) is 0 Å². The molecular formula is C6H8AgO6. The predicted molar refractivity (Wildman–Crippen MR) is 35.6 cm³/mol. The molecule has 0 atom stereocenters. The molecular weight excluding hydrogens is 276 g/mol. The average Bonchev–Trinajstić information content (AvgIpc) is 1.86. The standard InChI is InChI=1S/C6H8O6.Ag/c1-2-6(3(7)8,4(9)10)5(11)12;/h2H2,1H3,(H,7,8)(H,9,10)(H,11,12);. The van der Waals surface area contributed by atoms with Crippen molar-refractivity contribution in [2.45, 2.75) is 13.3 Å². The number of carboxylic acids is 3. The summed E-state index contributed by atoms with van der Waals surface area (Å²) in [6, 6.07) is 0. The minimum Gasteiger partial charge on any atom is -0.480 e. The summed E-state index contributed by atoms with van der Waals surface area (Å²) in [4.78, 5) is 31.1. The second-order valence-electron chi connectivity index (χ2n) is 2.17. The summed E-state index contributed by atoms with van der Waals surface area (Å²) < 4.78 is 0. The van der Waals surface area contributed by atoms with Crippen molar-refractivity contribution in [3.8, 4) is 0 Å². The van der Waals surface area contributed by atoms with Crippen LogP contribution in [0.5, 0.6) is 0 Å². The Bertz CT molecular complexity index is 199. The zero-order chi connectivity index (χ0) is 9.94. The van der Waals surface area contributed by atoms with E-state index in [0.717, 1.165) is 0 Å². The molecule has 0 aromatic rings. The van der Waals surface area contributed by atoms with Gasteiger partial charge < -0.3 is 15.3 Å². The van der Waals surface area contributed by atoms with Gasteiger partial charge in [0.05, 0.1) is 0 Å². The Hall–Kier alpha value is -0.850. The molecule has 0 aliphatic heterocycles. The van der Waals surface area contributed by atoms with Crippen molar-refractivity contribution in [1.82, 2.24) is 0 Å². The van der Waals surface area contributed by atoms with Crippen LogP contribution in [0.2, 0.25) is 0 Å². The molecule has 6 nitrogen and oxygen atoms in total. The fourth-order valence-electron chi connectivity index (χ4n) is 0.728. The van der Waals surface area contributed by atoms with Gasteiger partial charge in [0, 0.05) is 22.4 Å². The molecule has 79 valence electrons. The number of rotatable bonds is 4. The summed E-state index contributed by atoms with van der Waals surface area (Å²) in [5.41, 5.74) is -2.71. The van der Waals surface area contributed by atoms with Crippen LogP contribution >= 0.6 is 0 Å². The third kappa shape index (κ3) is 2.30. The number of carboxylic acid groups (broad SMARTS) is 3. The van der Waals surface area contributed by atoms with Crippen LogP contribution in [0, 0.1) is 5.41 Å². The van der Waals surface area contributed by atoms with Crippen LogP contribution in [-0.4, -0.2) is 33.2 Å². The van der Waals surface area contributed by atoms with Gasteiger partial charge >= 0.3 is 17.9 Å². The molecule has 0 saturated heterocycles. The fraction of sp³-hybridized carbons (Fsp3) is 0.500. The van der Waals surface area contributed by atoms with Gasteiger partial charge in [-0.3, -0.25) is 14.4 Å². The normalized spacial score (nSPS) is 9.92. The summed E-state index contributed by atoms with van der Waals surface area (Å²) >= 11 is 0. The Balaban J connectivity index is 0. The van der Waals surface area contributed by atoms with Crippen molar-refractivity contribution in [2.24, 2.45) is 5.41 Å². The molecule has 0 aromatic heterocycles. The molecule has 0 rings (SSSR count). The number of hydrogen-bond acceptors (Lipinski definition) is 3. The quantitative estimate of drug-likeness (QED) is 0.480. The molecule has 0 unspecified atom stereocenters. The van der Waals surface area contributed by atoms with E-state index in [2.05, 4.69) is 0 Å². The Morgan fingerprint density at radius 1 is 1.00 bits per heavy atom. The molecule has 0 bridgehead atoms. The van der Waals surface area contributed by atoms with Gasteiger partial charge in [-0.2, -0.15) is 0 Å². The Kier molecular flexibility index (Phi) is 5.64. The number of carbonyl (C=O) groups is 3. The van der Waals surface area contributed by atoms with Crippen molar-refractivity contribution in [3.05, 3.63) is 0 Å². The minimum absolute atomic E-state index is 0. The second-order valence-corrected chi connectivity index (χ2v) is 2.17. The van der Waals surface area contributed by atoms with Crippen molar-refractivity contribution < 1.29 is 52.1 Å². The molecule has 0 aliphatic rings. The van der Waals surface area contributed by atoms with Gasteiger partial charge in [0.2, 0.25) is 0 Å². The van der Waals surface area contributed by atoms with Crippen LogP contribution in [-0.2, 0) is 36.8 Å². The summed E-state index contributed by atoms with van der Waals surface area (Å²) in [5.74, 6) is -5.57. The first-order chi connectivity index (χ1) is 5.39. The molecule has 0 amide bonds. The van der Waals surface area contributed by atoms with E-state index in [9.17, 15) is 14.4 Å². The third-order valence-electron chi connectivity index (χ3n) is 1.63. The van der Waals surface area contributed by atoms with Crippen LogP contribution in [0.15, 0.2) is 0 Å². The van der Waals surface area contributed by atoms with Crippen LogP contribution in [0.3, 0.4) is 0 Å². The molecule has 0 fully saturated rings. The summed E-state index contributed by atoms with van der Waals surface area (Å²) in [5, 5.41) is 25.2. The van der Waals surface area contributed by atoms with Gasteiger partial charge in [0.1, 0.15) is 0 Å². The zero-order valence-electron chi connectivity index (χ0n) is 6.58. The summed E-state index contributed by atoms with van der Waals surface area (Å²) in [6.45, 7) is 1.19. The summed E-state index contributed by atoms with van der Waals surface area (Å²) in [7, 11) is 0. The minimum atomic E-state index is -2.71. The van der Waals surface area contributed by atoms with Crippen molar-refractivity contribution >= 4 is 17.9 Å². The van der Waals surface area contributed by atoms with E-state index in [1.54, 1.807) is 0 Å². The Morgan fingerprint density at radius 3 is 1.23 bits per heavy atom. The smallest absolute Gasteiger partial charge is 0.332 e.